The fourth-order valence-corrected chi connectivity index (χ4v) is 4.00. The number of fused-ring (bicyclic) bond motifs is 1. The molecule has 108 valence electrons. The van der Waals surface area contributed by atoms with Crippen LogP contribution in [0, 0.1) is 0 Å². The third kappa shape index (κ3) is 2.52. The molecule has 0 N–H and O–H groups in total. The zero-order valence-electron chi connectivity index (χ0n) is 12.8. The van der Waals surface area contributed by atoms with E-state index in [9.17, 15) is 4.79 Å². The van der Waals surface area contributed by atoms with Gasteiger partial charge in [-0.2, -0.15) is 0 Å². The molecule has 0 fully saturated rings. The number of hydrogen-bond donors (Lipinski definition) is 0. The molecule has 1 heterocycles. The van der Waals surface area contributed by atoms with Crippen LogP contribution >= 0.6 is 11.3 Å². The second kappa shape index (κ2) is 6.06. The maximum Gasteiger partial charge on any atom is 0.157 e. The summed E-state index contributed by atoms with van der Waals surface area (Å²) in [5, 5.41) is 3.36. The third-order valence-electron chi connectivity index (χ3n) is 4.46. The normalized spacial score (nSPS) is 12.2. The summed E-state index contributed by atoms with van der Waals surface area (Å²) in [7, 11) is 4.02. The maximum absolute atomic E-state index is 12.8. The molecule has 20 heavy (non-hydrogen) atoms. The van der Waals surface area contributed by atoms with Gasteiger partial charge in [0.15, 0.2) is 5.78 Å². The Balaban J connectivity index is 2.31. The number of rotatable bonds is 6. The molecule has 1 aromatic carbocycles. The summed E-state index contributed by atoms with van der Waals surface area (Å²) in [6, 6.07) is 8.32. The number of hydrogen-bond acceptors (Lipinski definition) is 3. The Morgan fingerprint density at radius 2 is 1.85 bits per heavy atom. The highest BCUT2D eigenvalue weighted by molar-refractivity contribution is 7.17. The summed E-state index contributed by atoms with van der Waals surface area (Å²) in [5.74, 6) is 0.330. The molecule has 0 aliphatic heterocycles. The van der Waals surface area contributed by atoms with Crippen molar-refractivity contribution in [3.05, 3.63) is 35.2 Å². The molecule has 0 bridgehead atoms. The third-order valence-corrected chi connectivity index (χ3v) is 5.47. The van der Waals surface area contributed by atoms with E-state index in [-0.39, 0.29) is 5.54 Å². The summed E-state index contributed by atoms with van der Waals surface area (Å²) in [4.78, 5) is 14.9. The van der Waals surface area contributed by atoms with Gasteiger partial charge in [-0.05, 0) is 49.3 Å². The SMILES string of the molecule is CCC(CC)(C(=O)Cc1csc2ccccc12)N(C)C. The Hall–Kier alpha value is -1.19. The van der Waals surface area contributed by atoms with Crippen LogP contribution in [0.3, 0.4) is 0 Å². The fraction of sp³-hybridized carbons (Fsp3) is 0.471. The van der Waals surface area contributed by atoms with Crippen LogP contribution in [0.1, 0.15) is 32.3 Å². The van der Waals surface area contributed by atoms with Crippen LogP contribution in [0.2, 0.25) is 0 Å². The molecule has 0 unspecified atom stereocenters. The summed E-state index contributed by atoms with van der Waals surface area (Å²) >= 11 is 1.72. The predicted octanol–water partition coefficient (Wildman–Crippen LogP) is 4.13. The Morgan fingerprint density at radius 3 is 2.45 bits per heavy atom. The lowest BCUT2D eigenvalue weighted by molar-refractivity contribution is -0.129. The molecule has 0 radical (unpaired) electrons. The van der Waals surface area contributed by atoms with Crippen LogP contribution in [0.5, 0.6) is 0 Å². The molecule has 0 aliphatic carbocycles. The van der Waals surface area contributed by atoms with E-state index in [1.807, 2.05) is 26.2 Å². The number of benzene rings is 1. The van der Waals surface area contributed by atoms with E-state index in [0.717, 1.165) is 12.8 Å². The van der Waals surface area contributed by atoms with Crippen molar-refractivity contribution in [3.8, 4) is 0 Å². The molecule has 1 aromatic heterocycles. The molecule has 0 aliphatic rings. The Bertz CT molecular complexity index is 596. The number of likely N-dealkylation sites (N-methyl/N-ethyl adjacent to an activating group) is 1. The summed E-state index contributed by atoms with van der Waals surface area (Å²) in [6.45, 7) is 4.21. The van der Waals surface area contributed by atoms with Gasteiger partial charge in [0.05, 0.1) is 5.54 Å². The molecule has 0 atom stereocenters. The van der Waals surface area contributed by atoms with Crippen LogP contribution in [-0.2, 0) is 11.2 Å². The van der Waals surface area contributed by atoms with Crippen molar-refractivity contribution in [2.24, 2.45) is 0 Å². The summed E-state index contributed by atoms with van der Waals surface area (Å²) in [5.41, 5.74) is 0.840. The van der Waals surface area contributed by atoms with Crippen molar-refractivity contribution < 1.29 is 4.79 Å². The van der Waals surface area contributed by atoms with Crippen LogP contribution in [0.4, 0.5) is 0 Å². The molecule has 2 nitrogen and oxygen atoms in total. The first-order chi connectivity index (χ1) is 9.55. The Kier molecular flexibility index (Phi) is 4.61. The van der Waals surface area contributed by atoms with E-state index in [4.69, 9.17) is 0 Å². The highest BCUT2D eigenvalue weighted by Gasteiger charge is 2.36. The number of carbonyl (C=O) groups excluding carboxylic acids is 1. The largest absolute Gasteiger partial charge is 0.297 e. The van der Waals surface area contributed by atoms with E-state index in [1.54, 1.807) is 11.3 Å². The molecule has 0 saturated carbocycles. The lowest BCUT2D eigenvalue weighted by atomic mass is 9.83. The quantitative estimate of drug-likeness (QED) is 0.797. The first kappa shape index (κ1) is 15.2. The van der Waals surface area contributed by atoms with Gasteiger partial charge in [0.2, 0.25) is 0 Å². The Labute approximate surface area is 125 Å². The van der Waals surface area contributed by atoms with E-state index in [2.05, 4.69) is 36.3 Å². The predicted molar refractivity (Wildman–Crippen MR) is 87.5 cm³/mol. The maximum atomic E-state index is 12.8. The van der Waals surface area contributed by atoms with Gasteiger partial charge >= 0.3 is 0 Å². The van der Waals surface area contributed by atoms with Crippen molar-refractivity contribution >= 4 is 27.2 Å². The highest BCUT2D eigenvalue weighted by Crippen LogP contribution is 2.29. The molecule has 2 aromatic rings. The van der Waals surface area contributed by atoms with Crippen molar-refractivity contribution in [2.75, 3.05) is 14.1 Å². The number of carbonyl (C=O) groups is 1. The van der Waals surface area contributed by atoms with E-state index in [0.29, 0.717) is 12.2 Å². The smallest absolute Gasteiger partial charge is 0.157 e. The van der Waals surface area contributed by atoms with E-state index in [1.165, 1.54) is 15.6 Å². The summed E-state index contributed by atoms with van der Waals surface area (Å²) in [6.07, 6.45) is 2.25. The average molecular weight is 289 g/mol. The molecular formula is C17H23NOS. The van der Waals surface area contributed by atoms with Gasteiger partial charge in [-0.1, -0.05) is 32.0 Å². The number of thiophene rings is 1. The van der Waals surface area contributed by atoms with E-state index < -0.39 is 0 Å². The second-order valence-corrected chi connectivity index (χ2v) is 6.40. The molecule has 2 rings (SSSR count). The summed E-state index contributed by atoms with van der Waals surface area (Å²) < 4.78 is 1.26. The zero-order valence-corrected chi connectivity index (χ0v) is 13.6. The van der Waals surface area contributed by atoms with Crippen molar-refractivity contribution in [1.29, 1.82) is 0 Å². The minimum Gasteiger partial charge on any atom is -0.297 e. The van der Waals surface area contributed by atoms with Crippen LogP contribution in [-0.4, -0.2) is 30.3 Å². The zero-order chi connectivity index (χ0) is 14.8. The van der Waals surface area contributed by atoms with Crippen LogP contribution in [0.25, 0.3) is 10.1 Å². The van der Waals surface area contributed by atoms with Gasteiger partial charge in [0, 0.05) is 11.1 Å². The number of nitrogens with zero attached hydrogens (tertiary/aromatic N) is 1. The molecule has 0 saturated heterocycles. The minimum atomic E-state index is -0.330. The molecule has 0 amide bonds. The topological polar surface area (TPSA) is 20.3 Å². The van der Waals surface area contributed by atoms with Gasteiger partial charge in [0.1, 0.15) is 0 Å². The standard InChI is InChI=1S/C17H23NOS/c1-5-17(6-2,18(3)4)16(19)11-13-12-20-15-10-8-7-9-14(13)15/h7-10,12H,5-6,11H2,1-4H3. The number of ketones is 1. The first-order valence-electron chi connectivity index (χ1n) is 7.21. The van der Waals surface area contributed by atoms with Gasteiger partial charge in [0.25, 0.3) is 0 Å². The lowest BCUT2D eigenvalue weighted by Gasteiger charge is -2.37. The molecule has 0 spiro atoms. The highest BCUT2D eigenvalue weighted by atomic mass is 32.1. The van der Waals surface area contributed by atoms with Gasteiger partial charge < -0.3 is 0 Å². The van der Waals surface area contributed by atoms with Crippen LogP contribution in [0.15, 0.2) is 29.6 Å². The molecule has 3 heteroatoms. The van der Waals surface area contributed by atoms with Gasteiger partial charge in [-0.25, -0.2) is 0 Å². The average Bonchev–Trinajstić information content (AvgIpc) is 2.84. The fourth-order valence-electron chi connectivity index (χ4n) is 3.03. The van der Waals surface area contributed by atoms with Crippen molar-refractivity contribution in [2.45, 2.75) is 38.6 Å². The first-order valence-corrected chi connectivity index (χ1v) is 8.09. The lowest BCUT2D eigenvalue weighted by Crippen LogP contribution is -2.50. The number of Topliss-reactive ketones (excluding diaryl/α,β-unsaturated/α-hetero) is 1. The monoisotopic (exact) mass is 289 g/mol. The van der Waals surface area contributed by atoms with Crippen LogP contribution < -0.4 is 0 Å². The second-order valence-electron chi connectivity index (χ2n) is 5.49. The molecular weight excluding hydrogens is 266 g/mol. The van der Waals surface area contributed by atoms with Gasteiger partial charge in [-0.3, -0.25) is 9.69 Å². The Morgan fingerprint density at radius 1 is 1.20 bits per heavy atom. The van der Waals surface area contributed by atoms with Gasteiger partial charge in [-0.15, -0.1) is 11.3 Å². The minimum absolute atomic E-state index is 0.330. The van der Waals surface area contributed by atoms with Crippen molar-refractivity contribution in [1.82, 2.24) is 4.90 Å². The van der Waals surface area contributed by atoms with E-state index >= 15 is 0 Å². The van der Waals surface area contributed by atoms with Crippen molar-refractivity contribution in [3.63, 3.8) is 0 Å².